The summed E-state index contributed by atoms with van der Waals surface area (Å²) >= 11 is 0. The summed E-state index contributed by atoms with van der Waals surface area (Å²) in [4.78, 5) is 30.4. The second-order valence-corrected chi connectivity index (χ2v) is 8.17. The zero-order valence-corrected chi connectivity index (χ0v) is 20.9. The summed E-state index contributed by atoms with van der Waals surface area (Å²) in [5.74, 6) is -0.0211. The van der Waals surface area contributed by atoms with Gasteiger partial charge in [0, 0.05) is 13.1 Å². The van der Waals surface area contributed by atoms with Gasteiger partial charge in [0.25, 0.3) is 5.91 Å². The summed E-state index contributed by atoms with van der Waals surface area (Å²) < 4.78 is 17.0. The molecule has 0 spiro atoms. The highest BCUT2D eigenvalue weighted by Crippen LogP contribution is 2.41. The lowest BCUT2D eigenvalue weighted by molar-refractivity contribution is -0.129. The molecule has 35 heavy (non-hydrogen) atoms. The van der Waals surface area contributed by atoms with Crippen LogP contribution >= 0.6 is 0 Å². The largest absolute Gasteiger partial charge is 0.503 e. The fraction of sp³-hybridized carbons (Fsp3) is 0.407. The lowest BCUT2D eigenvalue weighted by atomic mass is 9.94. The zero-order chi connectivity index (χ0) is 25.5. The van der Waals surface area contributed by atoms with Gasteiger partial charge in [-0.2, -0.15) is 0 Å². The first-order valence-corrected chi connectivity index (χ1v) is 11.9. The molecule has 1 aromatic heterocycles. The van der Waals surface area contributed by atoms with Crippen LogP contribution < -0.4 is 9.47 Å². The highest BCUT2D eigenvalue weighted by Gasteiger charge is 2.44. The van der Waals surface area contributed by atoms with Crippen molar-refractivity contribution in [1.82, 2.24) is 9.80 Å². The Balaban J connectivity index is 2.07. The van der Waals surface area contributed by atoms with Crippen LogP contribution in [0.2, 0.25) is 0 Å². The molecule has 0 saturated carbocycles. The van der Waals surface area contributed by atoms with Gasteiger partial charge in [-0.1, -0.05) is 32.6 Å². The molecule has 0 aliphatic carbocycles. The third kappa shape index (κ3) is 5.59. The van der Waals surface area contributed by atoms with Crippen LogP contribution in [-0.2, 0) is 4.79 Å². The molecule has 2 heterocycles. The minimum Gasteiger partial charge on any atom is -0.503 e. The van der Waals surface area contributed by atoms with Crippen molar-refractivity contribution in [1.29, 1.82) is 0 Å². The van der Waals surface area contributed by atoms with E-state index >= 15 is 0 Å². The minimum atomic E-state index is -0.802. The molecule has 1 unspecified atom stereocenters. The summed E-state index contributed by atoms with van der Waals surface area (Å²) in [7, 11) is 0. The number of ketones is 1. The second kappa shape index (κ2) is 11.8. The summed E-state index contributed by atoms with van der Waals surface area (Å²) in [5, 5.41) is 10.9. The Morgan fingerprint density at radius 1 is 1.17 bits per heavy atom. The average molecular weight is 483 g/mol. The number of Topliss-reactive ketones (excluding diaryl/α,β-unsaturated/α-hetero) is 1. The third-order valence-corrected chi connectivity index (χ3v) is 6.00. The van der Waals surface area contributed by atoms with Crippen LogP contribution in [-0.4, -0.2) is 66.0 Å². The normalized spacial score (nSPS) is 15.7. The highest BCUT2D eigenvalue weighted by atomic mass is 16.5. The van der Waals surface area contributed by atoms with Gasteiger partial charge in [-0.05, 0) is 56.8 Å². The number of aliphatic hydroxyl groups is 1. The van der Waals surface area contributed by atoms with Crippen molar-refractivity contribution in [2.45, 2.75) is 33.7 Å². The van der Waals surface area contributed by atoms with E-state index in [2.05, 4.69) is 11.5 Å². The molecule has 0 saturated heterocycles. The fourth-order valence-electron chi connectivity index (χ4n) is 4.17. The number of benzene rings is 1. The number of aliphatic hydroxyl groups excluding tert-OH is 1. The van der Waals surface area contributed by atoms with E-state index in [0.29, 0.717) is 49.1 Å². The molecule has 3 rings (SSSR count). The van der Waals surface area contributed by atoms with Crippen LogP contribution in [0.3, 0.4) is 0 Å². The summed E-state index contributed by atoms with van der Waals surface area (Å²) in [6, 6.07) is 7.70. The van der Waals surface area contributed by atoms with Gasteiger partial charge in [-0.15, -0.1) is 0 Å². The predicted octanol–water partition coefficient (Wildman–Crippen LogP) is 4.47. The first kappa shape index (κ1) is 26.1. The molecule has 1 N–H and O–H groups in total. The number of furan rings is 1. The molecular formula is C27H34N2O6. The molecule has 2 aromatic rings. The topological polar surface area (TPSA) is 92.5 Å². The summed E-state index contributed by atoms with van der Waals surface area (Å²) in [6.45, 7) is 14.7. The number of rotatable bonds is 13. The van der Waals surface area contributed by atoms with Gasteiger partial charge in [0.1, 0.15) is 12.4 Å². The van der Waals surface area contributed by atoms with Crippen molar-refractivity contribution >= 4 is 11.7 Å². The van der Waals surface area contributed by atoms with Gasteiger partial charge < -0.3 is 28.8 Å². The quantitative estimate of drug-likeness (QED) is 0.333. The molecule has 1 aromatic carbocycles. The molecular weight excluding hydrogens is 448 g/mol. The van der Waals surface area contributed by atoms with Gasteiger partial charge in [-0.25, -0.2) is 0 Å². The van der Waals surface area contributed by atoms with Gasteiger partial charge in [0.15, 0.2) is 23.0 Å². The van der Waals surface area contributed by atoms with E-state index in [9.17, 15) is 14.7 Å². The molecule has 8 heteroatoms. The maximum Gasteiger partial charge on any atom is 0.290 e. The molecule has 0 fully saturated rings. The summed E-state index contributed by atoms with van der Waals surface area (Å²) in [5.41, 5.74) is 0.620. The van der Waals surface area contributed by atoms with Crippen LogP contribution in [0.25, 0.3) is 0 Å². The number of carbonyl (C=O) groups is 2. The number of nitrogens with zero attached hydrogens (tertiary/aromatic N) is 2. The smallest absolute Gasteiger partial charge is 0.290 e. The molecule has 0 bridgehead atoms. The highest BCUT2D eigenvalue weighted by molar-refractivity contribution is 6.15. The first-order valence-electron chi connectivity index (χ1n) is 11.9. The maximum atomic E-state index is 13.4. The molecule has 1 amide bonds. The SMILES string of the molecule is C=CCOc1ccc(C2C(C(=O)c3ccc(C)o3)=C(O)C(=O)N2CCN(CC)CC)cc1OCC. The number of aryl methyl sites for hydroxylation is 1. The predicted molar refractivity (Wildman–Crippen MR) is 133 cm³/mol. The average Bonchev–Trinajstić information content (AvgIpc) is 3.40. The molecule has 0 radical (unpaired) electrons. The van der Waals surface area contributed by atoms with Crippen LogP contribution in [0.15, 0.2) is 58.7 Å². The van der Waals surface area contributed by atoms with Crippen LogP contribution in [0.1, 0.15) is 48.7 Å². The Bertz CT molecular complexity index is 1100. The minimum absolute atomic E-state index is 0.00824. The Kier molecular flexibility index (Phi) is 8.76. The molecule has 1 aliphatic rings. The molecule has 8 nitrogen and oxygen atoms in total. The fourth-order valence-corrected chi connectivity index (χ4v) is 4.17. The number of likely N-dealkylation sites (N-methyl/N-ethyl adjacent to an activating group) is 1. The number of carbonyl (C=O) groups excluding carboxylic acids is 2. The van der Waals surface area contributed by atoms with E-state index in [1.807, 2.05) is 20.8 Å². The molecule has 1 atom stereocenters. The van der Waals surface area contributed by atoms with E-state index in [4.69, 9.17) is 13.9 Å². The zero-order valence-electron chi connectivity index (χ0n) is 20.9. The Morgan fingerprint density at radius 2 is 1.91 bits per heavy atom. The van der Waals surface area contributed by atoms with Crippen LogP contribution in [0.4, 0.5) is 0 Å². The van der Waals surface area contributed by atoms with E-state index in [-0.39, 0.29) is 11.3 Å². The van der Waals surface area contributed by atoms with Gasteiger partial charge in [0.05, 0.1) is 18.2 Å². The van der Waals surface area contributed by atoms with Gasteiger partial charge in [0.2, 0.25) is 5.78 Å². The van der Waals surface area contributed by atoms with Gasteiger partial charge in [-0.3, -0.25) is 9.59 Å². The molecule has 1 aliphatic heterocycles. The number of hydrogen-bond acceptors (Lipinski definition) is 7. The standard InChI is InChI=1S/C27H34N2O6/c1-6-16-34-20-13-11-19(17-22(20)33-9-4)24-23(25(30)21-12-10-18(5)35-21)26(31)27(32)29(24)15-14-28(7-2)8-3/h6,10-13,17,24,31H,1,7-9,14-16H2,2-5H3. The van der Waals surface area contributed by atoms with Crippen LogP contribution in [0, 0.1) is 6.92 Å². The first-order chi connectivity index (χ1) is 16.9. The number of ether oxygens (including phenoxy) is 2. The van der Waals surface area contributed by atoms with Crippen LogP contribution in [0.5, 0.6) is 11.5 Å². The van der Waals surface area contributed by atoms with Crippen molar-refractivity contribution in [3.63, 3.8) is 0 Å². The van der Waals surface area contributed by atoms with E-state index < -0.39 is 23.5 Å². The van der Waals surface area contributed by atoms with E-state index in [0.717, 1.165) is 13.1 Å². The third-order valence-electron chi connectivity index (χ3n) is 6.00. The lowest BCUT2D eigenvalue weighted by Crippen LogP contribution is -2.38. The second-order valence-electron chi connectivity index (χ2n) is 8.17. The van der Waals surface area contributed by atoms with E-state index in [1.54, 1.807) is 43.3 Å². The Morgan fingerprint density at radius 3 is 2.51 bits per heavy atom. The van der Waals surface area contributed by atoms with Crippen molar-refractivity contribution in [2.75, 3.05) is 39.4 Å². The van der Waals surface area contributed by atoms with Crippen molar-refractivity contribution in [3.8, 4) is 11.5 Å². The monoisotopic (exact) mass is 482 g/mol. The number of amides is 1. The van der Waals surface area contributed by atoms with Crippen molar-refractivity contribution in [3.05, 3.63) is 71.4 Å². The number of hydrogen-bond donors (Lipinski definition) is 1. The Labute approximate surface area is 206 Å². The van der Waals surface area contributed by atoms with E-state index in [1.165, 1.54) is 4.90 Å². The van der Waals surface area contributed by atoms with Crippen molar-refractivity contribution in [2.24, 2.45) is 0 Å². The maximum absolute atomic E-state index is 13.4. The lowest BCUT2D eigenvalue weighted by Gasteiger charge is -2.29. The van der Waals surface area contributed by atoms with Crippen molar-refractivity contribution < 1.29 is 28.6 Å². The summed E-state index contributed by atoms with van der Waals surface area (Å²) in [6.07, 6.45) is 1.64. The van der Waals surface area contributed by atoms with Gasteiger partial charge >= 0.3 is 0 Å². The Hall–Kier alpha value is -3.52. The molecule has 188 valence electrons.